The molecule has 4 rings (SSSR count). The molecule has 0 atom stereocenters. The van der Waals surface area contributed by atoms with Crippen LogP contribution in [0.5, 0.6) is 5.75 Å². The van der Waals surface area contributed by atoms with E-state index in [0.29, 0.717) is 43.4 Å². The van der Waals surface area contributed by atoms with Crippen LogP contribution in [0.2, 0.25) is 10.0 Å². The summed E-state index contributed by atoms with van der Waals surface area (Å²) in [5.41, 5.74) is 1.47. The van der Waals surface area contributed by atoms with E-state index in [4.69, 9.17) is 27.9 Å². The number of hydrogen-bond donors (Lipinski definition) is 0. The predicted octanol–water partition coefficient (Wildman–Crippen LogP) is 7.15. The third-order valence-electron chi connectivity index (χ3n) is 5.58. The minimum Gasteiger partial charge on any atom is -0.486 e. The van der Waals surface area contributed by atoms with Gasteiger partial charge in [0.05, 0.1) is 13.9 Å². The predicted molar refractivity (Wildman–Crippen MR) is 146 cm³/mol. The van der Waals surface area contributed by atoms with Crippen LogP contribution >= 0.6 is 66.8 Å². The summed E-state index contributed by atoms with van der Waals surface area (Å²) in [4.78, 5) is 40.9. The van der Waals surface area contributed by atoms with Crippen LogP contribution in [-0.2, 0) is 16.2 Å². The van der Waals surface area contributed by atoms with Crippen molar-refractivity contribution in [2.75, 3.05) is 19.6 Å². The van der Waals surface area contributed by atoms with Crippen LogP contribution in [0.15, 0.2) is 44.2 Å². The number of carbonyl (C=O) groups is 3. The molecule has 0 bridgehead atoms. The third-order valence-corrected chi connectivity index (χ3v) is 8.25. The van der Waals surface area contributed by atoms with Gasteiger partial charge in [0, 0.05) is 28.7 Å². The highest BCUT2D eigenvalue weighted by molar-refractivity contribution is 9.11. The molecule has 2 aliphatic rings. The highest BCUT2D eigenvalue weighted by Gasteiger charge is 2.37. The summed E-state index contributed by atoms with van der Waals surface area (Å²) in [7, 11) is 0. The Hall–Kier alpha value is -1.52. The first kappa shape index (κ1) is 26.5. The molecule has 2 heterocycles. The largest absolute Gasteiger partial charge is 0.486 e. The Morgan fingerprint density at radius 2 is 1.74 bits per heavy atom. The SMILES string of the molecule is O=C(CN1C(=O)S/C(=C\c2cc(Br)c(OCc3ccc(Cl)cc3Cl)c(Br)c2)C1=O)N1CCCCC1. The first-order chi connectivity index (χ1) is 16.7. The van der Waals surface area contributed by atoms with Crippen LogP contribution in [0.1, 0.15) is 30.4 Å². The number of carbonyl (C=O) groups excluding carboxylic acids is 3. The van der Waals surface area contributed by atoms with E-state index in [1.807, 2.05) is 0 Å². The summed E-state index contributed by atoms with van der Waals surface area (Å²) in [6.07, 6.45) is 4.62. The van der Waals surface area contributed by atoms with Crippen LogP contribution in [-0.4, -0.2) is 46.5 Å². The molecule has 0 unspecified atom stereocenters. The number of rotatable bonds is 6. The molecule has 2 aromatic carbocycles. The lowest BCUT2D eigenvalue weighted by atomic mass is 10.1. The van der Waals surface area contributed by atoms with Crippen molar-refractivity contribution in [3.05, 3.63) is 65.4 Å². The highest BCUT2D eigenvalue weighted by Crippen LogP contribution is 2.38. The standard InChI is InChI=1S/C24H20Br2Cl2N2O4S/c25-17-8-14(9-18(26)22(17)34-13-15-4-5-16(27)11-19(15)28)10-20-23(32)30(24(33)35-20)12-21(31)29-6-2-1-3-7-29/h4-5,8-11H,1-3,6-7,12-13H2/b20-10-. The van der Waals surface area contributed by atoms with Crippen LogP contribution < -0.4 is 4.74 Å². The normalized spacial score (nSPS) is 17.4. The summed E-state index contributed by atoms with van der Waals surface area (Å²) in [5, 5.41) is 0.617. The number of ether oxygens (including phenoxy) is 1. The Morgan fingerprint density at radius 1 is 1.06 bits per heavy atom. The Bertz CT molecular complexity index is 1200. The summed E-state index contributed by atoms with van der Waals surface area (Å²) >= 11 is 20.0. The van der Waals surface area contributed by atoms with Gasteiger partial charge in [0.15, 0.2) is 0 Å². The molecule has 2 saturated heterocycles. The molecule has 0 spiro atoms. The summed E-state index contributed by atoms with van der Waals surface area (Å²) < 4.78 is 7.25. The van der Waals surface area contributed by atoms with Gasteiger partial charge in [0.1, 0.15) is 18.9 Å². The average Bonchev–Trinajstić information content (AvgIpc) is 3.07. The van der Waals surface area contributed by atoms with Crippen molar-refractivity contribution in [2.45, 2.75) is 25.9 Å². The van der Waals surface area contributed by atoms with Crippen molar-refractivity contribution in [1.82, 2.24) is 9.80 Å². The van der Waals surface area contributed by atoms with Gasteiger partial charge in [-0.25, -0.2) is 0 Å². The third kappa shape index (κ3) is 6.43. The second kappa shape index (κ2) is 11.7. The first-order valence-electron chi connectivity index (χ1n) is 10.8. The van der Waals surface area contributed by atoms with E-state index in [-0.39, 0.29) is 24.0 Å². The van der Waals surface area contributed by atoms with Crippen LogP contribution in [0.25, 0.3) is 6.08 Å². The fourth-order valence-corrected chi connectivity index (χ4v) is 6.51. The van der Waals surface area contributed by atoms with Gasteiger partial charge < -0.3 is 9.64 Å². The Kier molecular flexibility index (Phi) is 8.86. The van der Waals surface area contributed by atoms with E-state index in [0.717, 1.165) is 41.5 Å². The van der Waals surface area contributed by atoms with Gasteiger partial charge in [-0.2, -0.15) is 0 Å². The molecule has 0 aliphatic carbocycles. The van der Waals surface area contributed by atoms with Crippen molar-refractivity contribution < 1.29 is 19.1 Å². The summed E-state index contributed by atoms with van der Waals surface area (Å²) in [5.74, 6) is -0.0928. The highest BCUT2D eigenvalue weighted by atomic mass is 79.9. The minimum atomic E-state index is -0.463. The first-order valence-corrected chi connectivity index (χ1v) is 14.0. The monoisotopic (exact) mass is 660 g/mol. The lowest BCUT2D eigenvalue weighted by molar-refractivity contribution is -0.136. The van der Waals surface area contributed by atoms with E-state index in [9.17, 15) is 14.4 Å². The molecule has 0 radical (unpaired) electrons. The molecular weight excluding hydrogens is 643 g/mol. The van der Waals surface area contributed by atoms with Gasteiger partial charge >= 0.3 is 0 Å². The quantitative estimate of drug-likeness (QED) is 0.308. The molecule has 0 N–H and O–H groups in total. The lowest BCUT2D eigenvalue weighted by Gasteiger charge is -2.27. The van der Waals surface area contributed by atoms with Crippen molar-refractivity contribution in [3.63, 3.8) is 0 Å². The molecule has 184 valence electrons. The van der Waals surface area contributed by atoms with Gasteiger partial charge in [-0.1, -0.05) is 29.3 Å². The second-order valence-corrected chi connectivity index (χ2v) is 11.6. The molecule has 11 heteroatoms. The summed E-state index contributed by atoms with van der Waals surface area (Å²) in [6, 6.07) is 8.77. The molecule has 2 aliphatic heterocycles. The van der Waals surface area contributed by atoms with Crippen molar-refractivity contribution in [3.8, 4) is 5.75 Å². The number of benzene rings is 2. The Labute approximate surface area is 234 Å². The lowest BCUT2D eigenvalue weighted by Crippen LogP contribution is -2.44. The van der Waals surface area contributed by atoms with Crippen LogP contribution in [0.4, 0.5) is 4.79 Å². The van der Waals surface area contributed by atoms with Gasteiger partial charge in [0.2, 0.25) is 5.91 Å². The van der Waals surface area contributed by atoms with Crippen molar-refractivity contribution in [2.24, 2.45) is 0 Å². The number of nitrogens with zero attached hydrogens (tertiary/aromatic N) is 2. The second-order valence-electron chi connectivity index (χ2n) is 8.05. The van der Waals surface area contributed by atoms with E-state index in [2.05, 4.69) is 31.9 Å². The smallest absolute Gasteiger partial charge is 0.294 e. The molecular formula is C24H20Br2Cl2N2O4S. The number of amides is 3. The maximum Gasteiger partial charge on any atom is 0.294 e. The number of halogens is 4. The number of hydrogen-bond acceptors (Lipinski definition) is 5. The van der Waals surface area contributed by atoms with E-state index < -0.39 is 11.1 Å². The Morgan fingerprint density at radius 3 is 2.40 bits per heavy atom. The van der Waals surface area contributed by atoms with E-state index in [1.165, 1.54) is 0 Å². The minimum absolute atomic E-state index is 0.193. The Balaban J connectivity index is 1.45. The van der Waals surface area contributed by atoms with Crippen molar-refractivity contribution >= 4 is 90.0 Å². The fraction of sp³-hybridized carbons (Fsp3) is 0.292. The maximum atomic E-state index is 12.9. The fourth-order valence-electron chi connectivity index (χ4n) is 3.76. The molecule has 35 heavy (non-hydrogen) atoms. The van der Waals surface area contributed by atoms with Crippen molar-refractivity contribution in [1.29, 1.82) is 0 Å². The van der Waals surface area contributed by atoms with Gasteiger partial charge in [-0.15, -0.1) is 0 Å². The molecule has 3 amide bonds. The number of piperidine rings is 1. The zero-order valence-corrected chi connectivity index (χ0v) is 23.9. The molecule has 0 aromatic heterocycles. The average molecular weight is 663 g/mol. The zero-order chi connectivity index (χ0) is 25.1. The zero-order valence-electron chi connectivity index (χ0n) is 18.4. The molecule has 2 fully saturated rings. The van der Waals surface area contributed by atoms with Crippen LogP contribution in [0, 0.1) is 0 Å². The summed E-state index contributed by atoms with van der Waals surface area (Å²) in [6.45, 7) is 1.35. The van der Waals surface area contributed by atoms with Crippen LogP contribution in [0.3, 0.4) is 0 Å². The van der Waals surface area contributed by atoms with Gasteiger partial charge in [-0.3, -0.25) is 19.3 Å². The van der Waals surface area contributed by atoms with E-state index >= 15 is 0 Å². The number of thioether (sulfide) groups is 1. The molecule has 6 nitrogen and oxygen atoms in total. The van der Waals surface area contributed by atoms with Gasteiger partial charge in [-0.05, 0) is 98.8 Å². The number of imide groups is 1. The number of likely N-dealkylation sites (tertiary alicyclic amines) is 1. The molecule has 0 saturated carbocycles. The molecule has 2 aromatic rings. The van der Waals surface area contributed by atoms with Gasteiger partial charge in [0.25, 0.3) is 11.1 Å². The van der Waals surface area contributed by atoms with E-state index in [1.54, 1.807) is 41.3 Å². The topological polar surface area (TPSA) is 66.9 Å². The maximum absolute atomic E-state index is 12.9.